The minimum absolute atomic E-state index is 0.0547. The Bertz CT molecular complexity index is 966. The molecule has 0 aliphatic heterocycles. The molecule has 0 bridgehead atoms. The molecule has 7 heteroatoms. The van der Waals surface area contributed by atoms with Crippen LogP contribution in [0, 0.1) is 0 Å². The fraction of sp³-hybridized carbons (Fsp3) is 0.350. The molecule has 1 amide bonds. The van der Waals surface area contributed by atoms with E-state index in [1.807, 2.05) is 31.2 Å². The number of amides is 1. The second-order valence-corrected chi connectivity index (χ2v) is 7.26. The van der Waals surface area contributed by atoms with Crippen LogP contribution in [0.1, 0.15) is 38.5 Å². The number of furan rings is 1. The fourth-order valence-corrected chi connectivity index (χ4v) is 3.63. The monoisotopic (exact) mass is 385 g/mol. The molecule has 0 aliphatic rings. The lowest BCUT2D eigenvalue weighted by atomic mass is 10.2. The topological polar surface area (TPSA) is 77.1 Å². The minimum atomic E-state index is -0.208. The molecule has 3 aromatic rings. The highest BCUT2D eigenvalue weighted by molar-refractivity contribution is 7.99. The fourth-order valence-electron chi connectivity index (χ4n) is 2.79. The number of thioether (sulfide) groups is 1. The molecule has 0 saturated carbocycles. The highest BCUT2D eigenvalue weighted by Crippen LogP contribution is 2.19. The van der Waals surface area contributed by atoms with Crippen molar-refractivity contribution in [1.29, 1.82) is 0 Å². The second-order valence-electron chi connectivity index (χ2n) is 6.32. The maximum Gasteiger partial charge on any atom is 0.262 e. The number of aromatic nitrogens is 2. The number of para-hydroxylation sites is 1. The lowest BCUT2D eigenvalue weighted by Gasteiger charge is -2.14. The Morgan fingerprint density at radius 3 is 2.85 bits per heavy atom. The zero-order valence-electron chi connectivity index (χ0n) is 15.5. The van der Waals surface area contributed by atoms with Gasteiger partial charge in [0.1, 0.15) is 5.76 Å². The summed E-state index contributed by atoms with van der Waals surface area (Å²) < 4.78 is 6.99. The van der Waals surface area contributed by atoms with Gasteiger partial charge in [-0.1, -0.05) is 37.2 Å². The molecule has 6 nitrogen and oxygen atoms in total. The number of hydrogen-bond acceptors (Lipinski definition) is 5. The average Bonchev–Trinajstić information content (AvgIpc) is 3.21. The number of hydrogen-bond donors (Lipinski definition) is 1. The van der Waals surface area contributed by atoms with E-state index in [-0.39, 0.29) is 23.3 Å². The molecule has 2 aromatic heterocycles. The molecule has 0 radical (unpaired) electrons. The summed E-state index contributed by atoms with van der Waals surface area (Å²) in [6.07, 6.45) is 3.44. The molecule has 0 unspecified atom stereocenters. The molecule has 1 atom stereocenters. The number of nitrogens with one attached hydrogen (secondary N) is 1. The van der Waals surface area contributed by atoms with Crippen molar-refractivity contribution in [3.63, 3.8) is 0 Å². The summed E-state index contributed by atoms with van der Waals surface area (Å²) in [6, 6.07) is 10.7. The number of nitrogens with zero attached hydrogens (tertiary/aromatic N) is 2. The first-order valence-electron chi connectivity index (χ1n) is 9.05. The van der Waals surface area contributed by atoms with Crippen LogP contribution in [0.3, 0.4) is 0 Å². The van der Waals surface area contributed by atoms with Gasteiger partial charge in [-0.3, -0.25) is 14.2 Å². The van der Waals surface area contributed by atoms with Crippen molar-refractivity contribution in [3.8, 4) is 0 Å². The number of unbranched alkanes of at least 4 members (excludes halogenated alkanes) is 1. The van der Waals surface area contributed by atoms with Crippen molar-refractivity contribution in [2.45, 2.75) is 44.4 Å². The smallest absolute Gasteiger partial charge is 0.262 e. The molecule has 0 aliphatic carbocycles. The molecular weight excluding hydrogens is 362 g/mol. The third kappa shape index (κ3) is 4.60. The zero-order valence-corrected chi connectivity index (χ0v) is 16.3. The predicted molar refractivity (Wildman–Crippen MR) is 107 cm³/mol. The summed E-state index contributed by atoms with van der Waals surface area (Å²) in [5, 5.41) is 4.08. The number of carbonyl (C=O) groups is 1. The average molecular weight is 385 g/mol. The highest BCUT2D eigenvalue weighted by atomic mass is 32.2. The van der Waals surface area contributed by atoms with Crippen molar-refractivity contribution in [2.75, 3.05) is 5.75 Å². The third-order valence-electron chi connectivity index (χ3n) is 4.24. The van der Waals surface area contributed by atoms with Crippen molar-refractivity contribution >= 4 is 28.6 Å². The van der Waals surface area contributed by atoms with Crippen LogP contribution in [0.15, 0.2) is 57.0 Å². The van der Waals surface area contributed by atoms with E-state index in [2.05, 4.69) is 17.2 Å². The standard InChI is InChI=1S/C20H23N3O3S/c1-3-4-11-23-19(25)15-8-5-6-9-16(15)22-20(23)27-13-18(24)21-14(2)17-10-7-12-26-17/h5-10,12,14H,3-4,11,13H2,1-2H3,(H,21,24)/t14-/m0/s1. The van der Waals surface area contributed by atoms with E-state index < -0.39 is 0 Å². The molecular formula is C20H23N3O3S. The van der Waals surface area contributed by atoms with Gasteiger partial charge < -0.3 is 9.73 Å². The van der Waals surface area contributed by atoms with Gasteiger partial charge in [0.25, 0.3) is 5.56 Å². The van der Waals surface area contributed by atoms with Crippen LogP contribution in [0.4, 0.5) is 0 Å². The molecule has 1 N–H and O–H groups in total. The van der Waals surface area contributed by atoms with Crippen molar-refractivity contribution in [1.82, 2.24) is 14.9 Å². The van der Waals surface area contributed by atoms with Crippen LogP contribution >= 0.6 is 11.8 Å². The van der Waals surface area contributed by atoms with Gasteiger partial charge in [0.15, 0.2) is 5.16 Å². The lowest BCUT2D eigenvalue weighted by molar-refractivity contribution is -0.119. The Morgan fingerprint density at radius 2 is 2.11 bits per heavy atom. The van der Waals surface area contributed by atoms with Crippen molar-refractivity contribution in [2.24, 2.45) is 0 Å². The van der Waals surface area contributed by atoms with Gasteiger partial charge in [-0.2, -0.15) is 0 Å². The van der Waals surface area contributed by atoms with Crippen molar-refractivity contribution in [3.05, 3.63) is 58.8 Å². The van der Waals surface area contributed by atoms with Crippen LogP contribution in [-0.4, -0.2) is 21.2 Å². The Balaban J connectivity index is 1.76. The van der Waals surface area contributed by atoms with Gasteiger partial charge in [-0.05, 0) is 37.6 Å². The third-order valence-corrected chi connectivity index (χ3v) is 5.22. The number of fused-ring (bicyclic) bond motifs is 1. The van der Waals surface area contributed by atoms with Crippen LogP contribution in [0.25, 0.3) is 10.9 Å². The number of rotatable bonds is 8. The molecule has 3 rings (SSSR count). The van der Waals surface area contributed by atoms with E-state index in [0.717, 1.165) is 12.8 Å². The zero-order chi connectivity index (χ0) is 19.2. The molecule has 2 heterocycles. The molecule has 142 valence electrons. The normalized spacial score (nSPS) is 12.2. The Hall–Kier alpha value is -2.54. The first kappa shape index (κ1) is 19.2. The summed E-state index contributed by atoms with van der Waals surface area (Å²) in [6.45, 7) is 4.54. The predicted octanol–water partition coefficient (Wildman–Crippen LogP) is 3.76. The van der Waals surface area contributed by atoms with Gasteiger partial charge in [0, 0.05) is 6.54 Å². The van der Waals surface area contributed by atoms with E-state index in [1.165, 1.54) is 11.8 Å². The lowest BCUT2D eigenvalue weighted by Crippen LogP contribution is -2.29. The first-order valence-corrected chi connectivity index (χ1v) is 10.0. The molecule has 0 saturated heterocycles. The van der Waals surface area contributed by atoms with Gasteiger partial charge in [-0.15, -0.1) is 0 Å². The van der Waals surface area contributed by atoms with Crippen LogP contribution < -0.4 is 10.9 Å². The maximum atomic E-state index is 12.8. The van der Waals surface area contributed by atoms with E-state index in [1.54, 1.807) is 23.0 Å². The Morgan fingerprint density at radius 1 is 1.30 bits per heavy atom. The van der Waals surface area contributed by atoms with Crippen LogP contribution in [-0.2, 0) is 11.3 Å². The summed E-state index contributed by atoms with van der Waals surface area (Å²) in [4.78, 5) is 29.8. The van der Waals surface area contributed by atoms with Gasteiger partial charge in [-0.25, -0.2) is 4.98 Å². The largest absolute Gasteiger partial charge is 0.467 e. The van der Waals surface area contributed by atoms with Gasteiger partial charge in [0.05, 0.1) is 29.0 Å². The summed E-state index contributed by atoms with van der Waals surface area (Å²) in [7, 11) is 0. The van der Waals surface area contributed by atoms with Gasteiger partial charge >= 0.3 is 0 Å². The van der Waals surface area contributed by atoms with E-state index in [0.29, 0.717) is 28.4 Å². The molecule has 1 aromatic carbocycles. The number of benzene rings is 1. The Kier molecular flexibility index (Phi) is 6.34. The molecule has 27 heavy (non-hydrogen) atoms. The highest BCUT2D eigenvalue weighted by Gasteiger charge is 2.15. The van der Waals surface area contributed by atoms with Gasteiger partial charge in [0.2, 0.25) is 5.91 Å². The maximum absolute atomic E-state index is 12.8. The first-order chi connectivity index (χ1) is 13.1. The minimum Gasteiger partial charge on any atom is -0.467 e. The Labute approximate surface area is 162 Å². The summed E-state index contributed by atoms with van der Waals surface area (Å²) in [5.41, 5.74) is 0.600. The van der Waals surface area contributed by atoms with E-state index in [9.17, 15) is 9.59 Å². The second kappa shape index (κ2) is 8.90. The summed E-state index contributed by atoms with van der Waals surface area (Å²) in [5.74, 6) is 0.757. The molecule has 0 fully saturated rings. The number of carbonyl (C=O) groups excluding carboxylic acids is 1. The SMILES string of the molecule is CCCCn1c(SCC(=O)N[C@@H](C)c2ccco2)nc2ccccc2c1=O. The van der Waals surface area contributed by atoms with Crippen LogP contribution in [0.5, 0.6) is 0 Å². The van der Waals surface area contributed by atoms with Crippen molar-refractivity contribution < 1.29 is 9.21 Å². The molecule has 0 spiro atoms. The van der Waals surface area contributed by atoms with Crippen LogP contribution in [0.2, 0.25) is 0 Å². The van der Waals surface area contributed by atoms with E-state index in [4.69, 9.17) is 4.42 Å². The summed E-state index contributed by atoms with van der Waals surface area (Å²) >= 11 is 1.28. The quantitative estimate of drug-likeness (QED) is 0.472. The van der Waals surface area contributed by atoms with E-state index >= 15 is 0 Å².